The molecule has 0 aliphatic carbocycles. The number of piperidine rings is 1. The summed E-state index contributed by atoms with van der Waals surface area (Å²) in [5.41, 5.74) is 0. The molecule has 1 fully saturated rings. The van der Waals surface area contributed by atoms with E-state index in [1.54, 1.807) is 0 Å². The molecule has 1 rings (SSSR count). The molecule has 0 saturated carbocycles. The molecular formula is C12H20N2O5. The van der Waals surface area contributed by atoms with Gasteiger partial charge in [0.15, 0.2) is 0 Å². The molecule has 7 heteroatoms. The lowest BCUT2D eigenvalue weighted by molar-refractivity contribution is -0.144. The van der Waals surface area contributed by atoms with Crippen LogP contribution in [0.4, 0.5) is 0 Å². The number of carbonyl (C=O) groups excluding carboxylic acids is 2. The van der Waals surface area contributed by atoms with Crippen molar-refractivity contribution >= 4 is 17.8 Å². The number of carboxylic acids is 1. The molecule has 0 aromatic carbocycles. The number of methoxy groups -OCH3 is 1. The molecule has 0 aromatic rings. The smallest absolute Gasteiger partial charge is 0.326 e. The molecule has 1 aliphatic rings. The summed E-state index contributed by atoms with van der Waals surface area (Å²) in [5.74, 6) is -2.10. The number of esters is 1. The Morgan fingerprint density at radius 1 is 1.47 bits per heavy atom. The van der Waals surface area contributed by atoms with Crippen LogP contribution in [0.3, 0.4) is 0 Å². The molecular weight excluding hydrogens is 252 g/mol. The predicted molar refractivity (Wildman–Crippen MR) is 66.4 cm³/mol. The van der Waals surface area contributed by atoms with Gasteiger partial charge in [-0.1, -0.05) is 0 Å². The standard InChI is InChI=1S/C12H20N2O5/c1-19-10(15)5-4-9(12(17)18)14-11(16)8-3-2-6-13-7-8/h8-9,13H,2-7H2,1H3,(H,14,16)(H,17,18)/t8-,9-/m1/s1. The fourth-order valence-corrected chi connectivity index (χ4v) is 1.99. The van der Waals surface area contributed by atoms with Crippen LogP contribution >= 0.6 is 0 Å². The Hall–Kier alpha value is -1.63. The maximum atomic E-state index is 11.9. The van der Waals surface area contributed by atoms with Crippen LogP contribution in [0.5, 0.6) is 0 Å². The summed E-state index contributed by atoms with van der Waals surface area (Å²) in [4.78, 5) is 33.9. The number of carbonyl (C=O) groups is 3. The molecule has 1 heterocycles. The fraction of sp³-hybridized carbons (Fsp3) is 0.750. The molecule has 108 valence electrons. The largest absolute Gasteiger partial charge is 0.480 e. The molecule has 1 saturated heterocycles. The second-order valence-electron chi connectivity index (χ2n) is 4.56. The van der Waals surface area contributed by atoms with Crippen LogP contribution in [-0.4, -0.2) is 49.2 Å². The number of nitrogens with one attached hydrogen (secondary N) is 2. The first kappa shape index (κ1) is 15.4. The molecule has 1 aliphatic heterocycles. The summed E-state index contributed by atoms with van der Waals surface area (Å²) in [6.45, 7) is 1.45. The Bertz CT molecular complexity index is 339. The highest BCUT2D eigenvalue weighted by atomic mass is 16.5. The topological polar surface area (TPSA) is 105 Å². The lowest BCUT2D eigenvalue weighted by Gasteiger charge is -2.23. The van der Waals surface area contributed by atoms with Gasteiger partial charge in [-0.2, -0.15) is 0 Å². The van der Waals surface area contributed by atoms with Crippen molar-refractivity contribution in [2.75, 3.05) is 20.2 Å². The van der Waals surface area contributed by atoms with E-state index in [0.29, 0.717) is 6.54 Å². The Morgan fingerprint density at radius 2 is 2.21 bits per heavy atom. The number of carboxylic acid groups (broad SMARTS) is 1. The van der Waals surface area contributed by atoms with Crippen LogP contribution < -0.4 is 10.6 Å². The average molecular weight is 272 g/mol. The minimum atomic E-state index is -1.14. The first-order valence-electron chi connectivity index (χ1n) is 6.35. The van der Waals surface area contributed by atoms with Gasteiger partial charge in [-0.15, -0.1) is 0 Å². The molecule has 0 radical (unpaired) electrons. The molecule has 0 bridgehead atoms. The van der Waals surface area contributed by atoms with Gasteiger partial charge in [-0.3, -0.25) is 9.59 Å². The lowest BCUT2D eigenvalue weighted by atomic mass is 9.98. The fourth-order valence-electron chi connectivity index (χ4n) is 1.99. The summed E-state index contributed by atoms with van der Waals surface area (Å²) < 4.78 is 4.45. The van der Waals surface area contributed by atoms with E-state index in [1.165, 1.54) is 7.11 Å². The van der Waals surface area contributed by atoms with Gasteiger partial charge in [0.2, 0.25) is 5.91 Å². The van der Waals surface area contributed by atoms with Crippen molar-refractivity contribution in [3.8, 4) is 0 Å². The Balaban J connectivity index is 2.45. The second-order valence-corrected chi connectivity index (χ2v) is 4.56. The third-order valence-electron chi connectivity index (χ3n) is 3.15. The van der Waals surface area contributed by atoms with Crippen molar-refractivity contribution < 1.29 is 24.2 Å². The molecule has 2 atom stereocenters. The van der Waals surface area contributed by atoms with Gasteiger partial charge in [-0.05, 0) is 25.8 Å². The highest BCUT2D eigenvalue weighted by molar-refractivity contribution is 5.85. The Morgan fingerprint density at radius 3 is 2.74 bits per heavy atom. The minimum absolute atomic E-state index is 0.0311. The van der Waals surface area contributed by atoms with Crippen molar-refractivity contribution in [2.24, 2.45) is 5.92 Å². The summed E-state index contributed by atoms with van der Waals surface area (Å²) in [6.07, 6.45) is 1.66. The third-order valence-corrected chi connectivity index (χ3v) is 3.15. The Kier molecular flexibility index (Phi) is 6.27. The van der Waals surface area contributed by atoms with Crippen molar-refractivity contribution in [2.45, 2.75) is 31.7 Å². The van der Waals surface area contributed by atoms with E-state index in [-0.39, 0.29) is 24.7 Å². The molecule has 1 amide bonds. The number of hydrogen-bond acceptors (Lipinski definition) is 5. The van der Waals surface area contributed by atoms with Crippen molar-refractivity contribution in [3.05, 3.63) is 0 Å². The summed E-state index contributed by atoms with van der Waals surface area (Å²) in [7, 11) is 1.24. The summed E-state index contributed by atoms with van der Waals surface area (Å²) in [5, 5.41) is 14.6. The van der Waals surface area contributed by atoms with Gasteiger partial charge in [-0.25, -0.2) is 4.79 Å². The second kappa shape index (κ2) is 7.73. The van der Waals surface area contributed by atoms with Crippen LogP contribution in [0.1, 0.15) is 25.7 Å². The van der Waals surface area contributed by atoms with Gasteiger partial charge in [0.25, 0.3) is 0 Å². The van der Waals surface area contributed by atoms with Gasteiger partial charge >= 0.3 is 11.9 Å². The first-order chi connectivity index (χ1) is 9.04. The van der Waals surface area contributed by atoms with E-state index in [2.05, 4.69) is 15.4 Å². The van der Waals surface area contributed by atoms with Crippen molar-refractivity contribution in [1.29, 1.82) is 0 Å². The first-order valence-corrected chi connectivity index (χ1v) is 6.35. The van der Waals surface area contributed by atoms with Crippen molar-refractivity contribution in [3.63, 3.8) is 0 Å². The minimum Gasteiger partial charge on any atom is -0.480 e. The van der Waals surface area contributed by atoms with E-state index >= 15 is 0 Å². The number of aliphatic carboxylic acids is 1. The van der Waals surface area contributed by atoms with Crippen LogP contribution in [0.2, 0.25) is 0 Å². The molecule has 0 aromatic heterocycles. The monoisotopic (exact) mass is 272 g/mol. The third kappa shape index (κ3) is 5.25. The van der Waals surface area contributed by atoms with E-state index in [4.69, 9.17) is 5.11 Å². The zero-order valence-corrected chi connectivity index (χ0v) is 11.0. The zero-order valence-electron chi connectivity index (χ0n) is 11.0. The Labute approximate surface area is 111 Å². The van der Waals surface area contributed by atoms with Crippen molar-refractivity contribution in [1.82, 2.24) is 10.6 Å². The van der Waals surface area contributed by atoms with Crippen LogP contribution in [0.15, 0.2) is 0 Å². The van der Waals surface area contributed by atoms with E-state index < -0.39 is 18.0 Å². The summed E-state index contributed by atoms with van der Waals surface area (Å²) >= 11 is 0. The van der Waals surface area contributed by atoms with Crippen LogP contribution in [-0.2, 0) is 19.1 Å². The summed E-state index contributed by atoms with van der Waals surface area (Å²) in [6, 6.07) is -1.05. The predicted octanol–water partition coefficient (Wildman–Crippen LogP) is -0.491. The molecule has 0 unspecified atom stereocenters. The van der Waals surface area contributed by atoms with Gasteiger partial charge in [0.05, 0.1) is 13.0 Å². The van der Waals surface area contributed by atoms with Gasteiger partial charge in [0.1, 0.15) is 6.04 Å². The highest BCUT2D eigenvalue weighted by Gasteiger charge is 2.26. The van der Waals surface area contributed by atoms with E-state index in [9.17, 15) is 14.4 Å². The maximum absolute atomic E-state index is 11.9. The molecule has 3 N–H and O–H groups in total. The van der Waals surface area contributed by atoms with Crippen LogP contribution in [0.25, 0.3) is 0 Å². The number of amides is 1. The normalized spacial score (nSPS) is 20.4. The zero-order chi connectivity index (χ0) is 14.3. The van der Waals surface area contributed by atoms with E-state index in [0.717, 1.165) is 19.4 Å². The van der Waals surface area contributed by atoms with Gasteiger partial charge < -0.3 is 20.5 Å². The average Bonchev–Trinajstić information content (AvgIpc) is 2.43. The number of rotatable bonds is 6. The SMILES string of the molecule is COC(=O)CC[C@@H](NC(=O)[C@@H]1CCCNC1)C(=O)O. The van der Waals surface area contributed by atoms with Gasteiger partial charge in [0, 0.05) is 13.0 Å². The lowest BCUT2D eigenvalue weighted by Crippen LogP contribution is -2.47. The van der Waals surface area contributed by atoms with E-state index in [1.807, 2.05) is 0 Å². The molecule has 19 heavy (non-hydrogen) atoms. The number of ether oxygens (including phenoxy) is 1. The number of hydrogen-bond donors (Lipinski definition) is 3. The molecule has 7 nitrogen and oxygen atoms in total. The van der Waals surface area contributed by atoms with Crippen LogP contribution in [0, 0.1) is 5.92 Å². The molecule has 0 spiro atoms. The highest BCUT2D eigenvalue weighted by Crippen LogP contribution is 2.11. The quantitative estimate of drug-likeness (QED) is 0.563. The maximum Gasteiger partial charge on any atom is 0.326 e.